The zero-order valence-electron chi connectivity index (χ0n) is 46.5. The van der Waals surface area contributed by atoms with Gasteiger partial charge < -0.3 is 14.2 Å². The molecule has 0 aliphatic heterocycles. The summed E-state index contributed by atoms with van der Waals surface area (Å²) < 4.78 is 16.8. The number of hydrogen-bond donors (Lipinski definition) is 0. The lowest BCUT2D eigenvalue weighted by atomic mass is 10.0. The van der Waals surface area contributed by atoms with E-state index < -0.39 is 6.10 Å². The number of carbonyl (C=O) groups is 3. The predicted molar refractivity (Wildman–Crippen MR) is 307 cm³/mol. The van der Waals surface area contributed by atoms with Crippen LogP contribution in [0.2, 0.25) is 0 Å². The van der Waals surface area contributed by atoms with Crippen molar-refractivity contribution >= 4 is 17.9 Å². The molecule has 0 spiro atoms. The standard InChI is InChI=1S/C65H110O6/c1-4-7-10-13-16-19-22-25-28-30-31-32-33-35-38-40-43-46-49-52-55-58-64(67)70-61-62(71-65(68)59-56-53-50-47-44-41-36-27-24-21-18-15-12-9-6-3)60-69-63(66)57-54-51-48-45-42-39-37-34-29-26-23-20-17-14-11-8-5-2/h9,12,18,21,25-29,36-37,39,44-45,47-48,62H,4-8,10-11,13-17,19-20,22-24,30-35,38,40-43,46,49-61H2,1-3H3/b12-9-,21-18-,28-25-,29-26-,36-27-,39-37-,47-44-,48-45-/t62-/m0/s1. The van der Waals surface area contributed by atoms with E-state index in [-0.39, 0.29) is 44.0 Å². The van der Waals surface area contributed by atoms with E-state index in [4.69, 9.17) is 14.2 Å². The minimum absolute atomic E-state index is 0.110. The lowest BCUT2D eigenvalue weighted by molar-refractivity contribution is -0.167. The van der Waals surface area contributed by atoms with Crippen LogP contribution in [0.1, 0.15) is 278 Å². The Morgan fingerprint density at radius 3 is 0.958 bits per heavy atom. The first kappa shape index (κ1) is 67.3. The van der Waals surface area contributed by atoms with Crippen molar-refractivity contribution in [3.8, 4) is 0 Å². The Morgan fingerprint density at radius 2 is 0.563 bits per heavy atom. The van der Waals surface area contributed by atoms with Gasteiger partial charge in [-0.2, -0.15) is 0 Å². The molecule has 0 aliphatic carbocycles. The average molecular weight is 988 g/mol. The second-order valence-corrected chi connectivity index (χ2v) is 19.5. The first-order valence-electron chi connectivity index (χ1n) is 29.7. The SMILES string of the molecule is CC/C=C\C/C=C\C/C=C\C/C=C\CCCCC(=O)O[C@@H](COC(=O)CCC/C=C\C/C=C\C/C=C\CCCCCCCC)COC(=O)CCCCCCCCCCCCC/C=C\CCCCCCCC. The molecule has 6 nitrogen and oxygen atoms in total. The Hall–Kier alpha value is -3.67. The summed E-state index contributed by atoms with van der Waals surface area (Å²) in [5.74, 6) is -1.00. The van der Waals surface area contributed by atoms with E-state index in [1.54, 1.807) is 0 Å². The molecule has 0 amide bonds. The summed E-state index contributed by atoms with van der Waals surface area (Å²) in [7, 11) is 0. The van der Waals surface area contributed by atoms with Crippen LogP contribution >= 0.6 is 0 Å². The van der Waals surface area contributed by atoms with Gasteiger partial charge in [0.15, 0.2) is 6.10 Å². The van der Waals surface area contributed by atoms with Crippen molar-refractivity contribution in [2.45, 2.75) is 284 Å². The molecule has 0 aromatic rings. The average Bonchev–Trinajstić information content (AvgIpc) is 3.37. The van der Waals surface area contributed by atoms with Gasteiger partial charge in [0.2, 0.25) is 0 Å². The third-order valence-corrected chi connectivity index (χ3v) is 12.5. The zero-order valence-corrected chi connectivity index (χ0v) is 46.5. The van der Waals surface area contributed by atoms with Crippen molar-refractivity contribution in [1.82, 2.24) is 0 Å². The Balaban J connectivity index is 4.46. The van der Waals surface area contributed by atoms with Crippen molar-refractivity contribution in [1.29, 1.82) is 0 Å². The van der Waals surface area contributed by atoms with Crippen molar-refractivity contribution < 1.29 is 28.6 Å². The van der Waals surface area contributed by atoms with Gasteiger partial charge in [-0.05, 0) is 116 Å². The normalized spacial score (nSPS) is 12.8. The molecule has 0 N–H and O–H groups in total. The third-order valence-electron chi connectivity index (χ3n) is 12.5. The minimum atomic E-state index is -0.821. The number of hydrogen-bond acceptors (Lipinski definition) is 6. The summed E-state index contributed by atoms with van der Waals surface area (Å²) in [6, 6.07) is 0. The smallest absolute Gasteiger partial charge is 0.306 e. The highest BCUT2D eigenvalue weighted by Gasteiger charge is 2.19. The summed E-state index contributed by atoms with van der Waals surface area (Å²) in [6.45, 7) is 6.45. The fourth-order valence-corrected chi connectivity index (χ4v) is 8.09. The Kier molecular flexibility index (Phi) is 55.9. The topological polar surface area (TPSA) is 78.9 Å². The van der Waals surface area contributed by atoms with E-state index in [0.717, 1.165) is 77.0 Å². The maximum atomic E-state index is 12.8. The highest BCUT2D eigenvalue weighted by atomic mass is 16.6. The van der Waals surface area contributed by atoms with Gasteiger partial charge >= 0.3 is 17.9 Å². The molecule has 0 radical (unpaired) electrons. The van der Waals surface area contributed by atoms with Gasteiger partial charge in [0.05, 0.1) is 0 Å². The van der Waals surface area contributed by atoms with Crippen LogP contribution in [0.25, 0.3) is 0 Å². The molecule has 0 aromatic heterocycles. The molecular formula is C65H110O6. The molecule has 0 heterocycles. The number of unbranched alkanes of at least 4 members (excludes halogenated alkanes) is 26. The summed E-state index contributed by atoms with van der Waals surface area (Å²) in [5, 5.41) is 0. The number of esters is 3. The molecule has 0 aliphatic rings. The number of ether oxygens (including phenoxy) is 3. The maximum Gasteiger partial charge on any atom is 0.306 e. The molecule has 0 saturated carbocycles. The number of carbonyl (C=O) groups excluding carboxylic acids is 3. The Bertz CT molecular complexity index is 1410. The van der Waals surface area contributed by atoms with Gasteiger partial charge in [0, 0.05) is 19.3 Å². The molecule has 0 saturated heterocycles. The highest BCUT2D eigenvalue weighted by Crippen LogP contribution is 2.15. The van der Waals surface area contributed by atoms with E-state index in [0.29, 0.717) is 19.3 Å². The summed E-state index contributed by atoms with van der Waals surface area (Å²) in [4.78, 5) is 38.2. The minimum Gasteiger partial charge on any atom is -0.462 e. The van der Waals surface area contributed by atoms with E-state index in [9.17, 15) is 14.4 Å². The first-order chi connectivity index (χ1) is 35.0. The molecule has 0 bridgehead atoms. The van der Waals surface area contributed by atoms with Crippen molar-refractivity contribution in [3.05, 3.63) is 97.2 Å². The Labute approximate surface area is 438 Å². The summed E-state index contributed by atoms with van der Waals surface area (Å²) in [5.41, 5.74) is 0. The quantitative estimate of drug-likeness (QED) is 0.0261. The van der Waals surface area contributed by atoms with Crippen LogP contribution in [0.4, 0.5) is 0 Å². The second kappa shape index (κ2) is 58.9. The molecule has 0 aromatic carbocycles. The lowest BCUT2D eigenvalue weighted by Crippen LogP contribution is -2.30. The monoisotopic (exact) mass is 987 g/mol. The third kappa shape index (κ3) is 57.1. The fourth-order valence-electron chi connectivity index (χ4n) is 8.09. The molecule has 406 valence electrons. The van der Waals surface area contributed by atoms with Gasteiger partial charge in [0.1, 0.15) is 13.2 Å². The van der Waals surface area contributed by atoms with Crippen LogP contribution in [0, 0.1) is 0 Å². The number of rotatable bonds is 53. The maximum absolute atomic E-state index is 12.8. The van der Waals surface area contributed by atoms with E-state index in [2.05, 4.69) is 118 Å². The van der Waals surface area contributed by atoms with Crippen LogP contribution in [-0.2, 0) is 28.6 Å². The van der Waals surface area contributed by atoms with E-state index in [1.807, 2.05) is 0 Å². The second-order valence-electron chi connectivity index (χ2n) is 19.5. The molecule has 0 unspecified atom stereocenters. The van der Waals surface area contributed by atoms with Crippen LogP contribution < -0.4 is 0 Å². The van der Waals surface area contributed by atoms with Gasteiger partial charge in [-0.1, -0.05) is 240 Å². The summed E-state index contributed by atoms with van der Waals surface area (Å²) >= 11 is 0. The van der Waals surface area contributed by atoms with Gasteiger partial charge in [-0.3, -0.25) is 14.4 Å². The molecule has 0 fully saturated rings. The van der Waals surface area contributed by atoms with Crippen LogP contribution in [0.3, 0.4) is 0 Å². The first-order valence-corrected chi connectivity index (χ1v) is 29.7. The van der Waals surface area contributed by atoms with Crippen LogP contribution in [0.15, 0.2) is 97.2 Å². The molecule has 6 heteroatoms. The van der Waals surface area contributed by atoms with Gasteiger partial charge in [0.25, 0.3) is 0 Å². The predicted octanol–water partition coefficient (Wildman–Crippen LogP) is 20.1. The zero-order chi connectivity index (χ0) is 51.4. The van der Waals surface area contributed by atoms with Gasteiger partial charge in [-0.15, -0.1) is 0 Å². The van der Waals surface area contributed by atoms with Crippen molar-refractivity contribution in [3.63, 3.8) is 0 Å². The van der Waals surface area contributed by atoms with E-state index >= 15 is 0 Å². The Morgan fingerprint density at radius 1 is 0.296 bits per heavy atom. The fraction of sp³-hybridized carbons (Fsp3) is 0.708. The largest absolute Gasteiger partial charge is 0.462 e. The highest BCUT2D eigenvalue weighted by molar-refractivity contribution is 5.71. The van der Waals surface area contributed by atoms with Gasteiger partial charge in [-0.25, -0.2) is 0 Å². The molecule has 0 rings (SSSR count). The molecule has 1 atom stereocenters. The van der Waals surface area contributed by atoms with Crippen LogP contribution in [0.5, 0.6) is 0 Å². The van der Waals surface area contributed by atoms with Crippen molar-refractivity contribution in [2.24, 2.45) is 0 Å². The molecule has 71 heavy (non-hydrogen) atoms. The lowest BCUT2D eigenvalue weighted by Gasteiger charge is -2.18. The van der Waals surface area contributed by atoms with Crippen LogP contribution in [-0.4, -0.2) is 37.2 Å². The van der Waals surface area contributed by atoms with Crippen molar-refractivity contribution in [2.75, 3.05) is 13.2 Å². The number of allylic oxidation sites excluding steroid dienone is 16. The summed E-state index contributed by atoms with van der Waals surface area (Å²) in [6.07, 6.45) is 78.4. The molecular weight excluding hydrogens is 877 g/mol. The van der Waals surface area contributed by atoms with E-state index in [1.165, 1.54) is 148 Å².